The van der Waals surface area contributed by atoms with Crippen LogP contribution in [0.2, 0.25) is 0 Å². The molecule has 1 fully saturated rings. The number of ether oxygens (including phenoxy) is 2. The zero-order chi connectivity index (χ0) is 12.6. The SMILES string of the molecule is CCC(CC)(CNCCOC)CC1CCCO1. The van der Waals surface area contributed by atoms with E-state index in [2.05, 4.69) is 19.2 Å². The van der Waals surface area contributed by atoms with Crippen LogP contribution in [-0.2, 0) is 9.47 Å². The predicted molar refractivity (Wildman–Crippen MR) is 71.4 cm³/mol. The first-order valence-corrected chi connectivity index (χ1v) is 7.07. The molecule has 0 aromatic rings. The van der Waals surface area contributed by atoms with Crippen molar-refractivity contribution in [3.05, 3.63) is 0 Å². The van der Waals surface area contributed by atoms with Crippen molar-refractivity contribution in [1.29, 1.82) is 0 Å². The first kappa shape index (κ1) is 14.9. The highest BCUT2D eigenvalue weighted by molar-refractivity contribution is 4.84. The molecule has 102 valence electrons. The topological polar surface area (TPSA) is 30.5 Å². The van der Waals surface area contributed by atoms with Gasteiger partial charge < -0.3 is 14.8 Å². The van der Waals surface area contributed by atoms with Gasteiger partial charge in [0, 0.05) is 26.8 Å². The van der Waals surface area contributed by atoms with Crippen molar-refractivity contribution in [1.82, 2.24) is 5.32 Å². The zero-order valence-corrected chi connectivity index (χ0v) is 11.8. The van der Waals surface area contributed by atoms with Crippen LogP contribution in [-0.4, -0.2) is 39.5 Å². The second-order valence-electron chi connectivity index (χ2n) is 5.22. The van der Waals surface area contributed by atoms with Crippen LogP contribution in [0.15, 0.2) is 0 Å². The third kappa shape index (κ3) is 4.94. The normalized spacial score (nSPS) is 21.0. The van der Waals surface area contributed by atoms with Gasteiger partial charge in [0.05, 0.1) is 12.7 Å². The van der Waals surface area contributed by atoms with Gasteiger partial charge in [0.25, 0.3) is 0 Å². The third-order valence-electron chi connectivity index (χ3n) is 4.17. The fraction of sp³-hybridized carbons (Fsp3) is 1.00. The molecular formula is C14H29NO2. The van der Waals surface area contributed by atoms with E-state index in [-0.39, 0.29) is 0 Å². The molecule has 0 aromatic heterocycles. The van der Waals surface area contributed by atoms with Crippen LogP contribution in [0, 0.1) is 5.41 Å². The minimum atomic E-state index is 0.406. The molecule has 3 nitrogen and oxygen atoms in total. The van der Waals surface area contributed by atoms with Gasteiger partial charge in [-0.15, -0.1) is 0 Å². The third-order valence-corrected chi connectivity index (χ3v) is 4.17. The van der Waals surface area contributed by atoms with E-state index < -0.39 is 0 Å². The molecule has 1 aliphatic heterocycles. The summed E-state index contributed by atoms with van der Waals surface area (Å²) in [6.07, 6.45) is 6.65. The Balaban J connectivity index is 2.36. The second kappa shape index (κ2) is 8.06. The maximum Gasteiger partial charge on any atom is 0.0587 e. The average Bonchev–Trinajstić information content (AvgIpc) is 2.86. The second-order valence-corrected chi connectivity index (χ2v) is 5.22. The van der Waals surface area contributed by atoms with Crippen LogP contribution < -0.4 is 5.32 Å². The molecule has 17 heavy (non-hydrogen) atoms. The molecule has 0 spiro atoms. The lowest BCUT2D eigenvalue weighted by Crippen LogP contribution is -2.37. The van der Waals surface area contributed by atoms with Crippen molar-refractivity contribution in [2.45, 2.75) is 52.1 Å². The summed E-state index contributed by atoms with van der Waals surface area (Å²) in [5, 5.41) is 3.52. The molecule has 0 radical (unpaired) electrons. The summed E-state index contributed by atoms with van der Waals surface area (Å²) < 4.78 is 10.9. The molecule has 0 aromatic carbocycles. The first-order chi connectivity index (χ1) is 8.26. The smallest absolute Gasteiger partial charge is 0.0587 e. The summed E-state index contributed by atoms with van der Waals surface area (Å²) in [7, 11) is 1.75. The van der Waals surface area contributed by atoms with Gasteiger partial charge in [0.15, 0.2) is 0 Å². The van der Waals surface area contributed by atoms with E-state index in [9.17, 15) is 0 Å². The van der Waals surface area contributed by atoms with E-state index in [0.29, 0.717) is 11.5 Å². The molecule has 1 aliphatic rings. The Hall–Kier alpha value is -0.120. The van der Waals surface area contributed by atoms with Crippen LogP contribution in [0.4, 0.5) is 0 Å². The molecule has 1 rings (SSSR count). The van der Waals surface area contributed by atoms with Gasteiger partial charge in [-0.25, -0.2) is 0 Å². The lowest BCUT2D eigenvalue weighted by atomic mass is 9.77. The van der Waals surface area contributed by atoms with E-state index in [1.54, 1.807) is 7.11 Å². The minimum absolute atomic E-state index is 0.406. The van der Waals surface area contributed by atoms with Crippen LogP contribution in [0.1, 0.15) is 46.0 Å². The summed E-state index contributed by atoms with van der Waals surface area (Å²) >= 11 is 0. The molecule has 3 heteroatoms. The average molecular weight is 243 g/mol. The Morgan fingerprint density at radius 1 is 1.35 bits per heavy atom. The molecule has 1 saturated heterocycles. The molecular weight excluding hydrogens is 214 g/mol. The quantitative estimate of drug-likeness (QED) is 0.631. The van der Waals surface area contributed by atoms with Crippen molar-refractivity contribution >= 4 is 0 Å². The highest BCUT2D eigenvalue weighted by atomic mass is 16.5. The van der Waals surface area contributed by atoms with Gasteiger partial charge in [0.2, 0.25) is 0 Å². The summed E-state index contributed by atoms with van der Waals surface area (Å²) in [6.45, 7) is 8.40. The highest BCUT2D eigenvalue weighted by Gasteiger charge is 2.31. The Labute approximate surface area is 106 Å². The molecule has 0 bridgehead atoms. The molecule has 1 heterocycles. The maximum absolute atomic E-state index is 5.79. The number of methoxy groups -OCH3 is 1. The van der Waals surface area contributed by atoms with Crippen molar-refractivity contribution in [2.75, 3.05) is 33.4 Å². The van der Waals surface area contributed by atoms with Gasteiger partial charge in [-0.3, -0.25) is 0 Å². The summed E-state index contributed by atoms with van der Waals surface area (Å²) in [6, 6.07) is 0. The number of nitrogens with one attached hydrogen (secondary N) is 1. The van der Waals surface area contributed by atoms with Crippen molar-refractivity contribution in [2.24, 2.45) is 5.41 Å². The van der Waals surface area contributed by atoms with E-state index >= 15 is 0 Å². The molecule has 1 N–H and O–H groups in total. The molecule has 0 aliphatic carbocycles. The monoisotopic (exact) mass is 243 g/mol. The van der Waals surface area contributed by atoms with Crippen LogP contribution in [0.5, 0.6) is 0 Å². The van der Waals surface area contributed by atoms with Gasteiger partial charge >= 0.3 is 0 Å². The number of hydrogen-bond donors (Lipinski definition) is 1. The lowest BCUT2D eigenvalue weighted by Gasteiger charge is -2.34. The Kier molecular flexibility index (Phi) is 7.09. The van der Waals surface area contributed by atoms with E-state index in [0.717, 1.165) is 26.3 Å². The van der Waals surface area contributed by atoms with E-state index in [4.69, 9.17) is 9.47 Å². The standard InChI is InChI=1S/C14H29NO2/c1-4-14(5-2,12-15-8-10-16-3)11-13-7-6-9-17-13/h13,15H,4-12H2,1-3H3. The van der Waals surface area contributed by atoms with E-state index in [1.165, 1.54) is 32.1 Å². The lowest BCUT2D eigenvalue weighted by molar-refractivity contribution is 0.0553. The van der Waals surface area contributed by atoms with Gasteiger partial charge in [-0.05, 0) is 37.5 Å². The fourth-order valence-electron chi connectivity index (χ4n) is 2.68. The molecule has 0 saturated carbocycles. The van der Waals surface area contributed by atoms with Gasteiger partial charge in [-0.1, -0.05) is 13.8 Å². The van der Waals surface area contributed by atoms with Crippen molar-refractivity contribution in [3.8, 4) is 0 Å². The van der Waals surface area contributed by atoms with Crippen molar-refractivity contribution < 1.29 is 9.47 Å². The number of rotatable bonds is 9. The van der Waals surface area contributed by atoms with Crippen molar-refractivity contribution in [3.63, 3.8) is 0 Å². The minimum Gasteiger partial charge on any atom is -0.383 e. The number of hydrogen-bond acceptors (Lipinski definition) is 3. The highest BCUT2D eigenvalue weighted by Crippen LogP contribution is 2.34. The van der Waals surface area contributed by atoms with Gasteiger partial charge in [-0.2, -0.15) is 0 Å². The predicted octanol–water partition coefficient (Wildman–Crippen LogP) is 2.60. The van der Waals surface area contributed by atoms with Crippen LogP contribution in [0.3, 0.4) is 0 Å². The Morgan fingerprint density at radius 2 is 2.12 bits per heavy atom. The maximum atomic E-state index is 5.79. The summed E-state index contributed by atoms with van der Waals surface area (Å²) in [4.78, 5) is 0. The molecule has 0 amide bonds. The summed E-state index contributed by atoms with van der Waals surface area (Å²) in [5.74, 6) is 0. The van der Waals surface area contributed by atoms with E-state index in [1.807, 2.05) is 0 Å². The Morgan fingerprint density at radius 3 is 2.65 bits per heavy atom. The van der Waals surface area contributed by atoms with Gasteiger partial charge in [0.1, 0.15) is 0 Å². The van der Waals surface area contributed by atoms with Crippen LogP contribution in [0.25, 0.3) is 0 Å². The zero-order valence-electron chi connectivity index (χ0n) is 11.8. The first-order valence-electron chi connectivity index (χ1n) is 7.07. The molecule has 1 unspecified atom stereocenters. The molecule has 1 atom stereocenters. The fourth-order valence-corrected chi connectivity index (χ4v) is 2.68. The largest absolute Gasteiger partial charge is 0.383 e. The Bertz CT molecular complexity index is 187. The summed E-state index contributed by atoms with van der Waals surface area (Å²) in [5.41, 5.74) is 0.406. The van der Waals surface area contributed by atoms with Crippen LogP contribution >= 0.6 is 0 Å².